The number of hydrogen-bond donors (Lipinski definition) is 1. The number of carbonyl (C=O) groups excluding carboxylic acids is 1. The van der Waals surface area contributed by atoms with E-state index < -0.39 is 4.92 Å². The van der Waals surface area contributed by atoms with Gasteiger partial charge in [0.1, 0.15) is 0 Å². The van der Waals surface area contributed by atoms with E-state index in [2.05, 4.69) is 17.2 Å². The smallest absolute Gasteiger partial charge is 0.270 e. The molecular weight excluding hydrogens is 338 g/mol. The monoisotopic (exact) mass is 353 g/mol. The first-order valence-electron chi connectivity index (χ1n) is 7.68. The lowest BCUT2D eigenvalue weighted by molar-refractivity contribution is -0.384. The molecule has 1 aliphatic rings. The van der Waals surface area contributed by atoms with Crippen LogP contribution in [0.4, 0.5) is 11.4 Å². The fraction of sp³-hybridized carbons (Fsp3) is 0.111. The fourth-order valence-electron chi connectivity index (χ4n) is 2.28. The van der Waals surface area contributed by atoms with Crippen molar-refractivity contribution in [1.82, 2.24) is 5.32 Å². The van der Waals surface area contributed by atoms with Crippen LogP contribution in [-0.2, 0) is 11.2 Å². The number of aryl methyl sites for hydroxylation is 1. The molecule has 6 nitrogen and oxygen atoms in total. The highest BCUT2D eigenvalue weighted by molar-refractivity contribution is 8.18. The number of non-ortho nitro benzene ring substituents is 1. The van der Waals surface area contributed by atoms with Gasteiger partial charge in [-0.15, -0.1) is 0 Å². The molecule has 0 atom stereocenters. The van der Waals surface area contributed by atoms with Crippen LogP contribution in [0, 0.1) is 10.1 Å². The summed E-state index contributed by atoms with van der Waals surface area (Å²) in [5.74, 6) is -0.263. The van der Waals surface area contributed by atoms with Gasteiger partial charge >= 0.3 is 0 Å². The van der Waals surface area contributed by atoms with Gasteiger partial charge in [-0.25, -0.2) is 4.99 Å². The summed E-state index contributed by atoms with van der Waals surface area (Å²) in [4.78, 5) is 27.3. The van der Waals surface area contributed by atoms with Gasteiger partial charge in [0.2, 0.25) is 0 Å². The van der Waals surface area contributed by atoms with Crippen LogP contribution >= 0.6 is 11.8 Å². The Hall–Kier alpha value is -2.93. The zero-order chi connectivity index (χ0) is 17.8. The van der Waals surface area contributed by atoms with Crippen LogP contribution in [0.15, 0.2) is 58.4 Å². The number of amides is 1. The third-order valence-electron chi connectivity index (χ3n) is 3.60. The molecule has 1 amide bonds. The van der Waals surface area contributed by atoms with Crippen LogP contribution in [0.5, 0.6) is 0 Å². The molecule has 0 saturated carbocycles. The van der Waals surface area contributed by atoms with Crippen molar-refractivity contribution in [3.8, 4) is 0 Å². The summed E-state index contributed by atoms with van der Waals surface area (Å²) in [6.45, 7) is 2.08. The third-order valence-corrected chi connectivity index (χ3v) is 4.51. The highest BCUT2D eigenvalue weighted by atomic mass is 32.2. The summed E-state index contributed by atoms with van der Waals surface area (Å²) in [7, 11) is 0. The van der Waals surface area contributed by atoms with Crippen molar-refractivity contribution in [2.24, 2.45) is 4.99 Å². The quantitative estimate of drug-likeness (QED) is 0.510. The average molecular weight is 353 g/mol. The van der Waals surface area contributed by atoms with Crippen molar-refractivity contribution in [3.63, 3.8) is 0 Å². The number of nitrogens with zero attached hydrogens (tertiary/aromatic N) is 2. The van der Waals surface area contributed by atoms with Gasteiger partial charge in [0.05, 0.1) is 15.5 Å². The first-order chi connectivity index (χ1) is 12.0. The molecule has 2 aromatic carbocycles. The van der Waals surface area contributed by atoms with Crippen molar-refractivity contribution in [2.75, 3.05) is 0 Å². The first-order valence-corrected chi connectivity index (χ1v) is 8.50. The van der Waals surface area contributed by atoms with E-state index in [0.29, 0.717) is 15.6 Å². The average Bonchev–Trinajstić information content (AvgIpc) is 2.95. The Labute approximate surface area is 148 Å². The zero-order valence-corrected chi connectivity index (χ0v) is 14.2. The summed E-state index contributed by atoms with van der Waals surface area (Å²) in [5.41, 5.74) is 2.57. The maximum atomic E-state index is 12.1. The highest BCUT2D eigenvalue weighted by Gasteiger charge is 2.24. The Bertz CT molecular complexity index is 889. The van der Waals surface area contributed by atoms with Gasteiger partial charge in [-0.3, -0.25) is 14.9 Å². The van der Waals surface area contributed by atoms with E-state index in [0.717, 1.165) is 12.1 Å². The largest absolute Gasteiger partial charge is 0.300 e. The molecule has 0 aromatic heterocycles. The second-order valence-corrected chi connectivity index (χ2v) is 6.38. The van der Waals surface area contributed by atoms with Crippen LogP contribution in [-0.4, -0.2) is 16.0 Å². The van der Waals surface area contributed by atoms with E-state index in [-0.39, 0.29) is 11.6 Å². The minimum absolute atomic E-state index is 0.0114. The second kappa shape index (κ2) is 7.31. The van der Waals surface area contributed by atoms with E-state index >= 15 is 0 Å². The molecule has 1 fully saturated rings. The first kappa shape index (κ1) is 16.9. The topological polar surface area (TPSA) is 84.6 Å². The van der Waals surface area contributed by atoms with Gasteiger partial charge in [-0.2, -0.15) is 0 Å². The van der Waals surface area contributed by atoms with Crippen molar-refractivity contribution in [1.29, 1.82) is 0 Å². The summed E-state index contributed by atoms with van der Waals surface area (Å²) in [5, 5.41) is 14.0. The van der Waals surface area contributed by atoms with Crippen LogP contribution < -0.4 is 5.32 Å². The molecule has 2 aromatic rings. The zero-order valence-electron chi connectivity index (χ0n) is 13.4. The lowest BCUT2D eigenvalue weighted by atomic mass is 10.2. The molecule has 3 rings (SSSR count). The van der Waals surface area contributed by atoms with Gasteiger partial charge in [0.25, 0.3) is 11.6 Å². The van der Waals surface area contributed by atoms with Gasteiger partial charge in [-0.05, 0) is 47.5 Å². The fourth-order valence-corrected chi connectivity index (χ4v) is 3.13. The highest BCUT2D eigenvalue weighted by Crippen LogP contribution is 2.28. The molecule has 0 aliphatic carbocycles. The van der Waals surface area contributed by atoms with E-state index in [1.165, 1.54) is 29.5 Å². The Morgan fingerprint density at radius 2 is 2.00 bits per heavy atom. The Balaban J connectivity index is 1.80. The molecule has 126 valence electrons. The standard InChI is InChI=1S/C18H15N3O3S/c1-2-12-6-8-14(9-7-12)19-18-20-17(22)16(25-18)11-13-4-3-5-15(10-13)21(23)24/h3-11H,2H2,1H3,(H,19,20,22)/b16-11-. The van der Waals surface area contributed by atoms with E-state index in [9.17, 15) is 14.9 Å². The van der Waals surface area contributed by atoms with Gasteiger partial charge in [0.15, 0.2) is 5.17 Å². The number of hydrogen-bond acceptors (Lipinski definition) is 5. The molecule has 1 aliphatic heterocycles. The van der Waals surface area contributed by atoms with E-state index in [4.69, 9.17) is 0 Å². The number of aliphatic imine (C=N–C) groups is 1. The van der Waals surface area contributed by atoms with Crippen LogP contribution in [0.1, 0.15) is 18.1 Å². The molecule has 25 heavy (non-hydrogen) atoms. The summed E-state index contributed by atoms with van der Waals surface area (Å²) < 4.78 is 0. The van der Waals surface area contributed by atoms with E-state index in [1.54, 1.807) is 18.2 Å². The molecule has 0 unspecified atom stereocenters. The van der Waals surface area contributed by atoms with Crippen molar-refractivity contribution >= 4 is 40.3 Å². The van der Waals surface area contributed by atoms with Gasteiger partial charge in [0, 0.05) is 12.1 Å². The second-order valence-electron chi connectivity index (χ2n) is 5.35. The molecule has 1 heterocycles. The number of nitro groups is 1. The molecular formula is C18H15N3O3S. The SMILES string of the molecule is CCc1ccc(N=C2NC(=O)/C(=C/c3cccc([N+](=O)[O-])c3)S2)cc1. The number of thioether (sulfide) groups is 1. The Kier molecular flexibility index (Phi) is 4.95. The number of benzene rings is 2. The van der Waals surface area contributed by atoms with Crippen LogP contribution in [0.25, 0.3) is 6.08 Å². The summed E-state index contributed by atoms with van der Waals surface area (Å²) in [6, 6.07) is 14.0. The molecule has 1 saturated heterocycles. The number of rotatable bonds is 4. The van der Waals surface area contributed by atoms with Crippen LogP contribution in [0.2, 0.25) is 0 Å². The number of nitro benzene ring substituents is 1. The minimum atomic E-state index is -0.462. The van der Waals surface area contributed by atoms with Crippen LogP contribution in [0.3, 0.4) is 0 Å². The number of nitrogens with one attached hydrogen (secondary N) is 1. The molecule has 0 bridgehead atoms. The minimum Gasteiger partial charge on any atom is -0.300 e. The number of carbonyl (C=O) groups is 1. The predicted molar refractivity (Wildman–Crippen MR) is 99.7 cm³/mol. The lowest BCUT2D eigenvalue weighted by Gasteiger charge is -1.98. The van der Waals surface area contributed by atoms with Crippen molar-refractivity contribution in [3.05, 3.63) is 74.7 Å². The summed E-state index contributed by atoms with van der Waals surface area (Å²) in [6.07, 6.45) is 2.58. The van der Waals surface area contributed by atoms with E-state index in [1.807, 2.05) is 24.3 Å². The molecule has 0 radical (unpaired) electrons. The maximum Gasteiger partial charge on any atom is 0.270 e. The summed E-state index contributed by atoms with van der Waals surface area (Å²) >= 11 is 1.21. The predicted octanol–water partition coefficient (Wildman–Crippen LogP) is 4.05. The number of amidine groups is 1. The molecule has 7 heteroatoms. The molecule has 1 N–H and O–H groups in total. The Morgan fingerprint density at radius 1 is 1.24 bits per heavy atom. The maximum absolute atomic E-state index is 12.1. The van der Waals surface area contributed by atoms with Crippen molar-refractivity contribution in [2.45, 2.75) is 13.3 Å². The molecule has 0 spiro atoms. The van der Waals surface area contributed by atoms with Gasteiger partial charge in [-0.1, -0.05) is 31.2 Å². The Morgan fingerprint density at radius 3 is 2.68 bits per heavy atom. The normalized spacial score (nSPS) is 17.1. The lowest BCUT2D eigenvalue weighted by Crippen LogP contribution is -2.19. The third kappa shape index (κ3) is 4.13. The van der Waals surface area contributed by atoms with Crippen molar-refractivity contribution < 1.29 is 9.72 Å². The van der Waals surface area contributed by atoms with Gasteiger partial charge < -0.3 is 5.32 Å².